The lowest BCUT2D eigenvalue weighted by molar-refractivity contribution is 0.163. The molecule has 132 valence electrons. The Kier molecular flexibility index (Phi) is 4.59. The van der Waals surface area contributed by atoms with Crippen molar-refractivity contribution in [1.29, 1.82) is 0 Å². The molecule has 4 rings (SSSR count). The quantitative estimate of drug-likeness (QED) is 0.865. The lowest BCUT2D eigenvalue weighted by Crippen LogP contribution is -2.41. The summed E-state index contributed by atoms with van der Waals surface area (Å²) in [4.78, 5) is 14.8. The number of H-pyrrole nitrogens is 1. The first-order valence-electron chi connectivity index (χ1n) is 9.09. The van der Waals surface area contributed by atoms with Crippen molar-refractivity contribution in [2.75, 3.05) is 18.5 Å². The summed E-state index contributed by atoms with van der Waals surface area (Å²) in [6.45, 7) is 1.49. The smallest absolute Gasteiger partial charge is 0.322 e. The second kappa shape index (κ2) is 7.17. The second-order valence-electron chi connectivity index (χ2n) is 6.92. The molecule has 0 spiro atoms. The molecule has 1 saturated carbocycles. The number of ether oxygens (including phenoxy) is 1. The maximum Gasteiger partial charge on any atom is 0.322 e. The molecule has 6 nitrogen and oxygen atoms in total. The molecule has 0 bridgehead atoms. The van der Waals surface area contributed by atoms with E-state index in [0.29, 0.717) is 5.92 Å². The molecule has 2 fully saturated rings. The van der Waals surface area contributed by atoms with Crippen LogP contribution in [0.4, 0.5) is 10.5 Å². The zero-order valence-corrected chi connectivity index (χ0v) is 14.3. The first-order chi connectivity index (χ1) is 12.3. The Balaban J connectivity index is 1.47. The van der Waals surface area contributed by atoms with Gasteiger partial charge in [0.1, 0.15) is 5.75 Å². The van der Waals surface area contributed by atoms with Crippen LogP contribution < -0.4 is 10.1 Å². The predicted octanol–water partition coefficient (Wildman–Crippen LogP) is 3.96. The van der Waals surface area contributed by atoms with E-state index in [1.807, 2.05) is 41.6 Å². The number of hydrogen-bond donors (Lipinski definition) is 2. The van der Waals surface area contributed by atoms with E-state index in [0.717, 1.165) is 49.4 Å². The Morgan fingerprint density at radius 1 is 1.28 bits per heavy atom. The number of amides is 2. The van der Waals surface area contributed by atoms with Gasteiger partial charge in [0, 0.05) is 18.3 Å². The van der Waals surface area contributed by atoms with Crippen LogP contribution in [0, 0.1) is 5.92 Å². The highest BCUT2D eigenvalue weighted by Gasteiger charge is 2.29. The third-order valence-corrected chi connectivity index (χ3v) is 4.97. The molecule has 2 N–H and O–H groups in total. The Bertz CT molecular complexity index is 712. The van der Waals surface area contributed by atoms with E-state index in [1.54, 1.807) is 0 Å². The molecule has 6 heteroatoms. The van der Waals surface area contributed by atoms with Gasteiger partial charge < -0.3 is 15.0 Å². The molecule has 2 aromatic rings. The number of nitrogens with zero attached hydrogens (tertiary/aromatic N) is 2. The number of aromatic amines is 1. The zero-order valence-electron chi connectivity index (χ0n) is 14.3. The summed E-state index contributed by atoms with van der Waals surface area (Å²) >= 11 is 0. The Hall–Kier alpha value is -2.50. The van der Waals surface area contributed by atoms with Crippen molar-refractivity contribution in [3.8, 4) is 5.75 Å². The van der Waals surface area contributed by atoms with Gasteiger partial charge in [-0.2, -0.15) is 5.10 Å². The van der Waals surface area contributed by atoms with Crippen molar-refractivity contribution in [1.82, 2.24) is 15.1 Å². The van der Waals surface area contributed by atoms with E-state index in [9.17, 15) is 4.79 Å². The summed E-state index contributed by atoms with van der Waals surface area (Å²) in [6.07, 6.45) is 9.30. The number of likely N-dealkylation sites (tertiary alicyclic amines) is 1. The molecule has 2 amide bonds. The fourth-order valence-corrected chi connectivity index (χ4v) is 3.34. The number of carbonyl (C=O) groups is 1. The zero-order chi connectivity index (χ0) is 17.1. The van der Waals surface area contributed by atoms with Gasteiger partial charge in [0.25, 0.3) is 0 Å². The normalized spacial score (nSPS) is 20.3. The predicted molar refractivity (Wildman–Crippen MR) is 95.6 cm³/mol. The minimum atomic E-state index is -0.0756. The van der Waals surface area contributed by atoms with Gasteiger partial charge in [-0.05, 0) is 50.2 Å². The maximum atomic E-state index is 12.9. The van der Waals surface area contributed by atoms with Crippen LogP contribution in [0.2, 0.25) is 0 Å². The molecule has 1 aromatic heterocycles. The van der Waals surface area contributed by atoms with Gasteiger partial charge >= 0.3 is 6.03 Å². The number of aromatic nitrogens is 2. The van der Waals surface area contributed by atoms with Crippen LogP contribution in [0.1, 0.15) is 43.7 Å². The lowest BCUT2D eigenvalue weighted by atomic mass is 9.98. The van der Waals surface area contributed by atoms with E-state index < -0.39 is 0 Å². The van der Waals surface area contributed by atoms with Crippen LogP contribution >= 0.6 is 0 Å². The monoisotopic (exact) mass is 340 g/mol. The van der Waals surface area contributed by atoms with E-state index in [2.05, 4.69) is 15.5 Å². The minimum Gasteiger partial charge on any atom is -0.491 e. The van der Waals surface area contributed by atoms with Crippen molar-refractivity contribution >= 4 is 11.7 Å². The standard InChI is InChI=1S/C19H24N4O2/c24-19(23-10-4-3-6-17(23)15-11-20-21-12-15)22-16-5-1-2-7-18(16)25-13-14-8-9-14/h1-2,5,7,11-12,14,17H,3-4,6,8-10,13H2,(H,20,21)(H,22,24)/t17-/m1/s1. The summed E-state index contributed by atoms with van der Waals surface area (Å²) in [5, 5.41) is 9.93. The largest absolute Gasteiger partial charge is 0.491 e. The molecule has 25 heavy (non-hydrogen) atoms. The minimum absolute atomic E-state index is 0.0756. The Morgan fingerprint density at radius 2 is 2.16 bits per heavy atom. The topological polar surface area (TPSA) is 70.2 Å². The fourth-order valence-electron chi connectivity index (χ4n) is 3.34. The molecule has 2 aliphatic rings. The summed E-state index contributed by atoms with van der Waals surface area (Å²) in [6, 6.07) is 7.68. The second-order valence-corrected chi connectivity index (χ2v) is 6.92. The number of benzene rings is 1. The average Bonchev–Trinajstić information content (AvgIpc) is 3.32. The molecule has 0 radical (unpaired) electrons. The van der Waals surface area contributed by atoms with Gasteiger partial charge in [-0.1, -0.05) is 12.1 Å². The van der Waals surface area contributed by atoms with Crippen LogP contribution in [-0.4, -0.2) is 34.3 Å². The van der Waals surface area contributed by atoms with E-state index >= 15 is 0 Å². The number of piperidine rings is 1. The van der Waals surface area contributed by atoms with Crippen molar-refractivity contribution in [3.63, 3.8) is 0 Å². The van der Waals surface area contributed by atoms with E-state index in [1.165, 1.54) is 12.8 Å². The highest BCUT2D eigenvalue weighted by Crippen LogP contribution is 2.33. The molecule has 0 unspecified atom stereocenters. The summed E-state index contributed by atoms with van der Waals surface area (Å²) < 4.78 is 5.90. The highest BCUT2D eigenvalue weighted by atomic mass is 16.5. The molecule has 1 saturated heterocycles. The highest BCUT2D eigenvalue weighted by molar-refractivity contribution is 5.91. The molecule has 1 aliphatic heterocycles. The fraction of sp³-hybridized carbons (Fsp3) is 0.474. The number of carbonyl (C=O) groups excluding carboxylic acids is 1. The first-order valence-corrected chi connectivity index (χ1v) is 9.09. The third-order valence-electron chi connectivity index (χ3n) is 4.97. The first kappa shape index (κ1) is 16.0. The molecule has 2 heterocycles. The average molecular weight is 340 g/mol. The van der Waals surface area contributed by atoms with Crippen LogP contribution in [0.5, 0.6) is 5.75 Å². The molecule has 1 aliphatic carbocycles. The molecule has 1 aromatic carbocycles. The van der Waals surface area contributed by atoms with Crippen molar-refractivity contribution < 1.29 is 9.53 Å². The number of anilines is 1. The lowest BCUT2D eigenvalue weighted by Gasteiger charge is -2.35. The third kappa shape index (κ3) is 3.78. The molecular formula is C19H24N4O2. The van der Waals surface area contributed by atoms with Gasteiger partial charge in [0.2, 0.25) is 0 Å². The van der Waals surface area contributed by atoms with Crippen LogP contribution in [0.3, 0.4) is 0 Å². The van der Waals surface area contributed by atoms with Gasteiger partial charge in [0.15, 0.2) is 0 Å². The number of nitrogens with one attached hydrogen (secondary N) is 2. The van der Waals surface area contributed by atoms with Crippen molar-refractivity contribution in [2.24, 2.45) is 5.92 Å². The number of rotatable bonds is 5. The summed E-state index contributed by atoms with van der Waals surface area (Å²) in [7, 11) is 0. The maximum absolute atomic E-state index is 12.9. The number of urea groups is 1. The van der Waals surface area contributed by atoms with Gasteiger partial charge in [-0.25, -0.2) is 4.79 Å². The van der Waals surface area contributed by atoms with Crippen LogP contribution in [0.15, 0.2) is 36.7 Å². The molecule has 1 atom stereocenters. The Labute approximate surface area is 147 Å². The van der Waals surface area contributed by atoms with E-state index in [-0.39, 0.29) is 12.1 Å². The van der Waals surface area contributed by atoms with Crippen molar-refractivity contribution in [3.05, 3.63) is 42.2 Å². The van der Waals surface area contributed by atoms with Crippen LogP contribution in [0.25, 0.3) is 0 Å². The molecular weight excluding hydrogens is 316 g/mol. The summed E-state index contributed by atoms with van der Waals surface area (Å²) in [5.74, 6) is 1.43. The van der Waals surface area contributed by atoms with Crippen LogP contribution in [-0.2, 0) is 0 Å². The summed E-state index contributed by atoms with van der Waals surface area (Å²) in [5.41, 5.74) is 1.80. The number of para-hydroxylation sites is 2. The number of hydrogen-bond acceptors (Lipinski definition) is 3. The van der Waals surface area contributed by atoms with Gasteiger partial charge in [-0.15, -0.1) is 0 Å². The SMILES string of the molecule is O=C(Nc1ccccc1OCC1CC1)N1CCCC[C@@H]1c1cn[nH]c1. The van der Waals surface area contributed by atoms with Gasteiger partial charge in [-0.3, -0.25) is 5.10 Å². The van der Waals surface area contributed by atoms with E-state index in [4.69, 9.17) is 4.74 Å². The Morgan fingerprint density at radius 3 is 2.96 bits per heavy atom. The van der Waals surface area contributed by atoms with Crippen molar-refractivity contribution in [2.45, 2.75) is 38.1 Å². The van der Waals surface area contributed by atoms with Gasteiger partial charge in [0.05, 0.1) is 24.5 Å².